The van der Waals surface area contributed by atoms with Crippen LogP contribution in [0.15, 0.2) is 54.9 Å². The molecule has 0 aliphatic heterocycles. The largest absolute Gasteiger partial charge is 0.493 e. The van der Waals surface area contributed by atoms with Gasteiger partial charge in [0.25, 0.3) is 0 Å². The van der Waals surface area contributed by atoms with E-state index in [1.165, 1.54) is 0 Å². The van der Waals surface area contributed by atoms with Gasteiger partial charge in [0.15, 0.2) is 17.3 Å². The Balaban J connectivity index is 1.60. The normalized spacial score (nSPS) is 10.4. The average molecular weight is 393 g/mol. The molecule has 7 nitrogen and oxygen atoms in total. The fourth-order valence-electron chi connectivity index (χ4n) is 3.04. The maximum atomic E-state index is 12.4. The number of ether oxygens (including phenoxy) is 2. The highest BCUT2D eigenvalue weighted by Crippen LogP contribution is 2.31. The van der Waals surface area contributed by atoms with Crippen molar-refractivity contribution in [2.24, 2.45) is 7.05 Å². The summed E-state index contributed by atoms with van der Waals surface area (Å²) in [6, 6.07) is 12.4. The number of para-hydroxylation sites is 1. The fourth-order valence-corrected chi connectivity index (χ4v) is 3.04. The van der Waals surface area contributed by atoms with Crippen LogP contribution in [0.3, 0.4) is 0 Å². The molecule has 1 amide bonds. The lowest BCUT2D eigenvalue weighted by Gasteiger charge is -2.12. The molecule has 29 heavy (non-hydrogen) atoms. The lowest BCUT2D eigenvalue weighted by Crippen LogP contribution is -2.13. The van der Waals surface area contributed by atoms with Gasteiger partial charge in [-0.1, -0.05) is 12.1 Å². The summed E-state index contributed by atoms with van der Waals surface area (Å²) in [4.78, 5) is 28.8. The third kappa shape index (κ3) is 4.63. The Kier molecular flexibility index (Phi) is 6.29. The Morgan fingerprint density at radius 3 is 2.45 bits per heavy atom. The molecule has 1 N–H and O–H groups in total. The number of rotatable bonds is 8. The summed E-state index contributed by atoms with van der Waals surface area (Å²) in [6.07, 6.45) is 4.11. The first-order chi connectivity index (χ1) is 14.0. The number of carbonyl (C=O) groups is 2. The molecule has 0 saturated heterocycles. The predicted octanol–water partition coefficient (Wildman–Crippen LogP) is 3.24. The van der Waals surface area contributed by atoms with Crippen molar-refractivity contribution < 1.29 is 19.1 Å². The highest BCUT2D eigenvalue weighted by Gasteiger charge is 2.14. The summed E-state index contributed by atoms with van der Waals surface area (Å²) in [7, 11) is 4.93. The van der Waals surface area contributed by atoms with Crippen molar-refractivity contribution in [2.75, 3.05) is 19.5 Å². The molecule has 0 bridgehead atoms. The van der Waals surface area contributed by atoms with Crippen molar-refractivity contribution in [1.29, 1.82) is 0 Å². The van der Waals surface area contributed by atoms with Crippen LogP contribution in [0.4, 0.5) is 5.69 Å². The van der Waals surface area contributed by atoms with Gasteiger partial charge in [0.05, 0.1) is 14.2 Å². The molecule has 3 aromatic rings. The predicted molar refractivity (Wildman–Crippen MR) is 110 cm³/mol. The standard InChI is InChI=1S/C22H23N3O4/c1-25-14-13-23-22(25)20(27)15-7-10-17(11-8-15)24-19(26)12-9-16-5-4-6-18(28-2)21(16)29-3/h4-8,10-11,13-14H,9,12H2,1-3H3,(H,24,26). The number of aromatic nitrogens is 2. The molecule has 0 spiro atoms. The zero-order valence-electron chi connectivity index (χ0n) is 16.6. The molecule has 0 fully saturated rings. The van der Waals surface area contributed by atoms with Crippen LogP contribution in [0.5, 0.6) is 11.5 Å². The van der Waals surface area contributed by atoms with E-state index in [0.717, 1.165) is 5.56 Å². The van der Waals surface area contributed by atoms with Crippen molar-refractivity contribution in [3.63, 3.8) is 0 Å². The van der Waals surface area contributed by atoms with E-state index in [9.17, 15) is 9.59 Å². The number of nitrogens with one attached hydrogen (secondary N) is 1. The monoisotopic (exact) mass is 393 g/mol. The molecule has 0 radical (unpaired) electrons. The van der Waals surface area contributed by atoms with Gasteiger partial charge in [0, 0.05) is 37.1 Å². The van der Waals surface area contributed by atoms with Crippen LogP contribution in [0, 0.1) is 0 Å². The quantitative estimate of drug-likeness (QED) is 0.594. The summed E-state index contributed by atoms with van der Waals surface area (Å²) in [5.41, 5.74) is 2.04. The highest BCUT2D eigenvalue weighted by atomic mass is 16.5. The molecule has 0 unspecified atom stereocenters. The molecule has 150 valence electrons. The number of hydrogen-bond acceptors (Lipinski definition) is 5. The van der Waals surface area contributed by atoms with Gasteiger partial charge in [-0.3, -0.25) is 9.59 Å². The van der Waals surface area contributed by atoms with Gasteiger partial charge in [0.1, 0.15) is 0 Å². The number of aryl methyl sites for hydroxylation is 2. The van der Waals surface area contributed by atoms with Crippen LogP contribution < -0.4 is 14.8 Å². The smallest absolute Gasteiger partial charge is 0.228 e. The van der Waals surface area contributed by atoms with Gasteiger partial charge in [0.2, 0.25) is 11.7 Å². The Labute approximate surface area is 169 Å². The minimum absolute atomic E-state index is 0.127. The molecule has 0 saturated carbocycles. The van der Waals surface area contributed by atoms with Crippen LogP contribution in [0.1, 0.15) is 28.2 Å². The van der Waals surface area contributed by atoms with Crippen LogP contribution in [0.25, 0.3) is 0 Å². The molecule has 1 heterocycles. The van der Waals surface area contributed by atoms with E-state index in [2.05, 4.69) is 10.3 Å². The highest BCUT2D eigenvalue weighted by molar-refractivity contribution is 6.07. The second-order valence-electron chi connectivity index (χ2n) is 6.47. The van der Waals surface area contributed by atoms with E-state index in [4.69, 9.17) is 9.47 Å². The molecule has 2 aromatic carbocycles. The van der Waals surface area contributed by atoms with Crippen LogP contribution in [-0.4, -0.2) is 35.5 Å². The first-order valence-corrected chi connectivity index (χ1v) is 9.15. The molecule has 0 aliphatic carbocycles. The van der Waals surface area contributed by atoms with E-state index in [1.807, 2.05) is 18.2 Å². The third-order valence-corrected chi connectivity index (χ3v) is 4.56. The first kappa shape index (κ1) is 20.1. The van der Waals surface area contributed by atoms with Gasteiger partial charge in [-0.05, 0) is 42.3 Å². The maximum Gasteiger partial charge on any atom is 0.228 e. The number of anilines is 1. The van der Waals surface area contributed by atoms with Gasteiger partial charge < -0.3 is 19.4 Å². The molecule has 0 aliphatic rings. The number of nitrogens with zero attached hydrogens (tertiary/aromatic N) is 2. The molecule has 0 atom stereocenters. The van der Waals surface area contributed by atoms with E-state index < -0.39 is 0 Å². The number of methoxy groups -OCH3 is 2. The number of imidazole rings is 1. The summed E-state index contributed by atoms with van der Waals surface area (Å²) in [5, 5.41) is 2.85. The topological polar surface area (TPSA) is 82.5 Å². The molecular formula is C22H23N3O4. The molecule has 3 rings (SSSR count). The first-order valence-electron chi connectivity index (χ1n) is 9.15. The van der Waals surface area contributed by atoms with E-state index in [-0.39, 0.29) is 18.1 Å². The number of carbonyl (C=O) groups excluding carboxylic acids is 2. The summed E-state index contributed by atoms with van der Waals surface area (Å²) in [5.74, 6) is 1.35. The second-order valence-corrected chi connectivity index (χ2v) is 6.47. The Morgan fingerprint density at radius 2 is 1.83 bits per heavy atom. The van der Waals surface area contributed by atoms with Gasteiger partial charge in [-0.25, -0.2) is 4.98 Å². The Bertz CT molecular complexity index is 1010. The Morgan fingerprint density at radius 1 is 1.07 bits per heavy atom. The van der Waals surface area contributed by atoms with Crippen LogP contribution >= 0.6 is 0 Å². The zero-order valence-corrected chi connectivity index (χ0v) is 16.6. The van der Waals surface area contributed by atoms with Crippen molar-refractivity contribution in [1.82, 2.24) is 9.55 Å². The lowest BCUT2D eigenvalue weighted by molar-refractivity contribution is -0.116. The number of hydrogen-bond donors (Lipinski definition) is 1. The minimum atomic E-state index is -0.166. The SMILES string of the molecule is COc1cccc(CCC(=O)Nc2ccc(C(=O)c3nccn3C)cc2)c1OC. The molecule has 1 aromatic heterocycles. The second kappa shape index (κ2) is 9.05. The fraction of sp³-hybridized carbons (Fsp3) is 0.227. The number of ketones is 1. The Hall–Kier alpha value is -3.61. The average Bonchev–Trinajstić information content (AvgIpc) is 3.17. The van der Waals surface area contributed by atoms with Crippen LogP contribution in [0.2, 0.25) is 0 Å². The van der Waals surface area contributed by atoms with Crippen molar-refractivity contribution in [3.05, 3.63) is 71.8 Å². The van der Waals surface area contributed by atoms with Gasteiger partial charge in [-0.15, -0.1) is 0 Å². The van der Waals surface area contributed by atoms with Crippen LogP contribution in [-0.2, 0) is 18.3 Å². The summed E-state index contributed by atoms with van der Waals surface area (Å²) < 4.78 is 12.4. The van der Waals surface area contributed by atoms with Gasteiger partial charge in [-0.2, -0.15) is 0 Å². The van der Waals surface area contributed by atoms with E-state index in [1.54, 1.807) is 62.5 Å². The zero-order chi connectivity index (χ0) is 20.8. The maximum absolute atomic E-state index is 12.4. The van der Waals surface area contributed by atoms with Gasteiger partial charge >= 0.3 is 0 Å². The third-order valence-electron chi connectivity index (χ3n) is 4.56. The summed E-state index contributed by atoms with van der Waals surface area (Å²) >= 11 is 0. The minimum Gasteiger partial charge on any atom is -0.493 e. The summed E-state index contributed by atoms with van der Waals surface area (Å²) in [6.45, 7) is 0. The van der Waals surface area contributed by atoms with E-state index in [0.29, 0.717) is 35.0 Å². The van der Waals surface area contributed by atoms with Crippen molar-refractivity contribution >= 4 is 17.4 Å². The van der Waals surface area contributed by atoms with Crippen molar-refractivity contribution in [2.45, 2.75) is 12.8 Å². The lowest BCUT2D eigenvalue weighted by atomic mass is 10.1. The number of amides is 1. The van der Waals surface area contributed by atoms with E-state index >= 15 is 0 Å². The molecule has 7 heteroatoms. The number of benzene rings is 2. The van der Waals surface area contributed by atoms with Crippen molar-refractivity contribution in [3.8, 4) is 11.5 Å². The molecular weight excluding hydrogens is 370 g/mol.